The summed E-state index contributed by atoms with van der Waals surface area (Å²) in [4.78, 5) is 9.23. The Bertz CT molecular complexity index is 1190. The van der Waals surface area contributed by atoms with Crippen LogP contribution in [0.15, 0.2) is 48.8 Å². The van der Waals surface area contributed by atoms with Gasteiger partial charge < -0.3 is 14.2 Å². The summed E-state index contributed by atoms with van der Waals surface area (Å²) >= 11 is 0. The van der Waals surface area contributed by atoms with Crippen LogP contribution in [0, 0.1) is 6.92 Å². The van der Waals surface area contributed by atoms with Gasteiger partial charge in [-0.3, -0.25) is 9.97 Å². The number of fused-ring (bicyclic) bond motifs is 2. The molecule has 2 aromatic carbocycles. The SMILES string of the molecule is CCOc1ccc2cc(Cc3cnc(C)c4cc(OC)c(OC)cc34)cnc2c1. The predicted molar refractivity (Wildman–Crippen MR) is 115 cm³/mol. The molecule has 0 saturated carbocycles. The minimum atomic E-state index is 0.644. The molecule has 4 aromatic rings. The molecule has 29 heavy (non-hydrogen) atoms. The Kier molecular flexibility index (Phi) is 5.21. The molecule has 5 heteroatoms. The molecular weight excluding hydrogens is 364 g/mol. The van der Waals surface area contributed by atoms with Gasteiger partial charge in [0.15, 0.2) is 11.5 Å². The van der Waals surface area contributed by atoms with Crippen molar-refractivity contribution in [3.63, 3.8) is 0 Å². The zero-order chi connectivity index (χ0) is 20.4. The first kappa shape index (κ1) is 19.0. The maximum absolute atomic E-state index is 5.57. The monoisotopic (exact) mass is 388 g/mol. The van der Waals surface area contributed by atoms with Crippen LogP contribution in [-0.4, -0.2) is 30.8 Å². The largest absolute Gasteiger partial charge is 0.494 e. The third kappa shape index (κ3) is 3.68. The second-order valence-corrected chi connectivity index (χ2v) is 6.93. The summed E-state index contributed by atoms with van der Waals surface area (Å²) in [6.45, 7) is 4.63. The van der Waals surface area contributed by atoms with Gasteiger partial charge in [-0.1, -0.05) is 0 Å². The number of methoxy groups -OCH3 is 2. The van der Waals surface area contributed by atoms with Crippen molar-refractivity contribution in [2.75, 3.05) is 20.8 Å². The van der Waals surface area contributed by atoms with Gasteiger partial charge in [-0.25, -0.2) is 0 Å². The number of benzene rings is 2. The number of nitrogens with zero attached hydrogens (tertiary/aromatic N) is 2. The highest BCUT2D eigenvalue weighted by Crippen LogP contribution is 2.35. The van der Waals surface area contributed by atoms with Crippen molar-refractivity contribution in [3.8, 4) is 17.2 Å². The maximum Gasteiger partial charge on any atom is 0.161 e. The molecule has 2 heterocycles. The van der Waals surface area contributed by atoms with E-state index in [1.807, 2.05) is 50.5 Å². The van der Waals surface area contributed by atoms with Crippen molar-refractivity contribution in [1.29, 1.82) is 0 Å². The van der Waals surface area contributed by atoms with Crippen molar-refractivity contribution in [2.45, 2.75) is 20.3 Å². The van der Waals surface area contributed by atoms with Crippen molar-refractivity contribution in [1.82, 2.24) is 9.97 Å². The van der Waals surface area contributed by atoms with Gasteiger partial charge in [0, 0.05) is 41.3 Å². The van der Waals surface area contributed by atoms with Gasteiger partial charge in [0.2, 0.25) is 0 Å². The van der Waals surface area contributed by atoms with Gasteiger partial charge in [0.25, 0.3) is 0 Å². The van der Waals surface area contributed by atoms with Crippen LogP contribution in [0.25, 0.3) is 21.7 Å². The summed E-state index contributed by atoms with van der Waals surface area (Å²) in [5, 5.41) is 3.27. The van der Waals surface area contributed by atoms with Gasteiger partial charge in [0.05, 0.1) is 26.3 Å². The van der Waals surface area contributed by atoms with E-state index in [-0.39, 0.29) is 0 Å². The molecule has 0 bridgehead atoms. The lowest BCUT2D eigenvalue weighted by Gasteiger charge is -2.13. The van der Waals surface area contributed by atoms with Gasteiger partial charge in [-0.05, 0) is 60.7 Å². The van der Waals surface area contributed by atoms with E-state index >= 15 is 0 Å². The van der Waals surface area contributed by atoms with Gasteiger partial charge in [0.1, 0.15) is 5.75 Å². The number of ether oxygens (including phenoxy) is 3. The Morgan fingerprint density at radius 1 is 0.862 bits per heavy atom. The van der Waals surface area contributed by atoms with Gasteiger partial charge >= 0.3 is 0 Å². The highest BCUT2D eigenvalue weighted by Gasteiger charge is 2.12. The molecule has 0 spiro atoms. The van der Waals surface area contributed by atoms with Gasteiger partial charge in [-0.15, -0.1) is 0 Å². The molecule has 0 atom stereocenters. The Hall–Kier alpha value is -3.34. The van der Waals surface area contributed by atoms with Crippen molar-refractivity contribution in [2.24, 2.45) is 0 Å². The summed E-state index contributed by atoms with van der Waals surface area (Å²) < 4.78 is 16.5. The summed E-state index contributed by atoms with van der Waals surface area (Å²) in [5.74, 6) is 2.27. The Morgan fingerprint density at radius 3 is 2.34 bits per heavy atom. The lowest BCUT2D eigenvalue weighted by atomic mass is 9.99. The van der Waals surface area contributed by atoms with Crippen LogP contribution in [-0.2, 0) is 6.42 Å². The van der Waals surface area contributed by atoms with E-state index in [9.17, 15) is 0 Å². The minimum absolute atomic E-state index is 0.644. The van der Waals surface area contributed by atoms with Crippen LogP contribution < -0.4 is 14.2 Å². The molecule has 0 aliphatic carbocycles. The van der Waals surface area contributed by atoms with E-state index in [2.05, 4.69) is 22.1 Å². The van der Waals surface area contributed by atoms with Crippen LogP contribution in [0.4, 0.5) is 0 Å². The lowest BCUT2D eigenvalue weighted by Crippen LogP contribution is -1.98. The average molecular weight is 388 g/mol. The minimum Gasteiger partial charge on any atom is -0.494 e. The molecule has 4 rings (SSSR count). The van der Waals surface area contributed by atoms with E-state index in [4.69, 9.17) is 14.2 Å². The number of aromatic nitrogens is 2. The first-order valence-electron chi connectivity index (χ1n) is 9.64. The van der Waals surface area contributed by atoms with Crippen LogP contribution in [0.5, 0.6) is 17.2 Å². The summed E-state index contributed by atoms with van der Waals surface area (Å²) in [7, 11) is 3.30. The lowest BCUT2D eigenvalue weighted by molar-refractivity contribution is 0.340. The molecule has 0 fully saturated rings. The molecule has 0 aliphatic heterocycles. The molecule has 0 radical (unpaired) electrons. The molecular formula is C24H24N2O3. The standard InChI is InChI=1S/C24H24N2O3/c1-5-29-19-7-6-17-8-16(13-26-22(17)10-19)9-18-14-25-15(2)20-11-23(27-3)24(28-4)12-21(18)20/h6-8,10-14H,5,9H2,1-4H3. The Balaban J connectivity index is 1.75. The van der Waals surface area contributed by atoms with E-state index in [0.29, 0.717) is 18.1 Å². The highest BCUT2D eigenvalue weighted by molar-refractivity contribution is 5.91. The second-order valence-electron chi connectivity index (χ2n) is 6.93. The van der Waals surface area contributed by atoms with E-state index in [0.717, 1.165) is 50.7 Å². The molecule has 0 unspecified atom stereocenters. The molecule has 0 saturated heterocycles. The van der Waals surface area contributed by atoms with E-state index in [1.54, 1.807) is 14.2 Å². The fraction of sp³-hybridized carbons (Fsp3) is 0.250. The van der Waals surface area contributed by atoms with Gasteiger partial charge in [-0.2, -0.15) is 0 Å². The quantitative estimate of drug-likeness (QED) is 0.460. The Labute approximate surface area is 170 Å². The number of aryl methyl sites for hydroxylation is 1. The second kappa shape index (κ2) is 7.95. The number of hydrogen-bond donors (Lipinski definition) is 0. The number of hydrogen-bond acceptors (Lipinski definition) is 5. The van der Waals surface area contributed by atoms with Crippen LogP contribution >= 0.6 is 0 Å². The summed E-state index contributed by atoms with van der Waals surface area (Å²) in [6.07, 6.45) is 4.59. The number of rotatable bonds is 6. The zero-order valence-electron chi connectivity index (χ0n) is 17.2. The fourth-order valence-electron chi connectivity index (χ4n) is 3.62. The predicted octanol–water partition coefficient (Wildman–Crippen LogP) is 5.10. The molecule has 2 aromatic heterocycles. The van der Waals surface area contributed by atoms with E-state index in [1.165, 1.54) is 0 Å². The number of pyridine rings is 2. The fourth-order valence-corrected chi connectivity index (χ4v) is 3.62. The topological polar surface area (TPSA) is 53.5 Å². The van der Waals surface area contributed by atoms with E-state index < -0.39 is 0 Å². The van der Waals surface area contributed by atoms with Crippen molar-refractivity contribution < 1.29 is 14.2 Å². The average Bonchev–Trinajstić information content (AvgIpc) is 2.75. The molecule has 0 aliphatic rings. The first-order valence-corrected chi connectivity index (χ1v) is 9.64. The van der Waals surface area contributed by atoms with Crippen LogP contribution in [0.1, 0.15) is 23.7 Å². The molecule has 5 nitrogen and oxygen atoms in total. The Morgan fingerprint density at radius 2 is 1.62 bits per heavy atom. The smallest absolute Gasteiger partial charge is 0.161 e. The molecule has 0 N–H and O–H groups in total. The van der Waals surface area contributed by atoms with Crippen LogP contribution in [0.2, 0.25) is 0 Å². The van der Waals surface area contributed by atoms with Crippen molar-refractivity contribution >= 4 is 21.7 Å². The molecule has 0 amide bonds. The van der Waals surface area contributed by atoms with Crippen molar-refractivity contribution in [3.05, 3.63) is 65.6 Å². The maximum atomic E-state index is 5.57. The third-order valence-electron chi connectivity index (χ3n) is 5.09. The summed E-state index contributed by atoms with van der Waals surface area (Å²) in [5.41, 5.74) is 4.14. The first-order chi connectivity index (χ1) is 14.1. The normalized spacial score (nSPS) is 11.0. The highest BCUT2D eigenvalue weighted by atomic mass is 16.5. The summed E-state index contributed by atoms with van der Waals surface area (Å²) in [6, 6.07) is 12.2. The van der Waals surface area contributed by atoms with Crippen LogP contribution in [0.3, 0.4) is 0 Å². The third-order valence-corrected chi connectivity index (χ3v) is 5.09. The molecule has 148 valence electrons. The zero-order valence-corrected chi connectivity index (χ0v) is 17.2.